The van der Waals surface area contributed by atoms with E-state index in [0.29, 0.717) is 23.5 Å². The van der Waals surface area contributed by atoms with Gasteiger partial charge >= 0.3 is 0 Å². The van der Waals surface area contributed by atoms with Crippen LogP contribution >= 0.6 is 0 Å². The molecule has 0 N–H and O–H groups in total. The van der Waals surface area contributed by atoms with Gasteiger partial charge in [0.15, 0.2) is 21.3 Å². The molecule has 1 aliphatic rings. The highest BCUT2D eigenvalue weighted by Gasteiger charge is 2.34. The number of amides is 1. The van der Waals surface area contributed by atoms with Crippen molar-refractivity contribution >= 4 is 15.7 Å². The molecule has 1 unspecified atom stereocenters. The molecule has 0 aromatic heterocycles. The van der Waals surface area contributed by atoms with Crippen LogP contribution in [0.25, 0.3) is 0 Å². The lowest BCUT2D eigenvalue weighted by atomic mass is 10.1. The molecule has 7 heteroatoms. The van der Waals surface area contributed by atoms with Crippen LogP contribution in [-0.2, 0) is 9.84 Å². The number of carbonyl (C=O) groups is 1. The van der Waals surface area contributed by atoms with Gasteiger partial charge in [-0.2, -0.15) is 0 Å². The highest BCUT2D eigenvalue weighted by Crippen LogP contribution is 2.32. The van der Waals surface area contributed by atoms with Gasteiger partial charge in [0.1, 0.15) is 0 Å². The maximum atomic E-state index is 12.6. The summed E-state index contributed by atoms with van der Waals surface area (Å²) in [6.45, 7) is 0. The van der Waals surface area contributed by atoms with Gasteiger partial charge in [-0.1, -0.05) is 6.07 Å². The second kappa shape index (κ2) is 5.93. The first-order chi connectivity index (χ1) is 9.89. The fourth-order valence-corrected chi connectivity index (χ4v) is 4.27. The van der Waals surface area contributed by atoms with E-state index >= 15 is 0 Å². The quantitative estimate of drug-likeness (QED) is 0.828. The molecule has 1 aromatic rings. The van der Waals surface area contributed by atoms with E-state index in [-0.39, 0.29) is 23.5 Å². The summed E-state index contributed by atoms with van der Waals surface area (Å²) < 4.78 is 33.5. The van der Waals surface area contributed by atoms with Gasteiger partial charge in [0.25, 0.3) is 5.91 Å². The van der Waals surface area contributed by atoms with Gasteiger partial charge in [0.05, 0.1) is 31.3 Å². The SMILES string of the molecule is COc1cccc(C(=O)N(C)C2CCS(=O)(=O)C2)c1OC. The van der Waals surface area contributed by atoms with Crippen LogP contribution in [0.4, 0.5) is 0 Å². The molecule has 1 aliphatic heterocycles. The zero-order valence-electron chi connectivity index (χ0n) is 12.3. The Balaban J connectivity index is 2.28. The van der Waals surface area contributed by atoms with E-state index in [9.17, 15) is 13.2 Å². The highest BCUT2D eigenvalue weighted by molar-refractivity contribution is 7.91. The van der Waals surface area contributed by atoms with Crippen LogP contribution in [0.2, 0.25) is 0 Å². The Labute approximate surface area is 124 Å². The summed E-state index contributed by atoms with van der Waals surface area (Å²) in [7, 11) is 1.55. The predicted molar refractivity (Wildman–Crippen MR) is 78.7 cm³/mol. The number of benzene rings is 1. The normalized spacial score (nSPS) is 20.0. The fraction of sp³-hybridized carbons (Fsp3) is 0.500. The molecule has 0 radical (unpaired) electrons. The van der Waals surface area contributed by atoms with E-state index in [0.717, 1.165) is 0 Å². The minimum absolute atomic E-state index is 0.0154. The second-order valence-electron chi connectivity index (χ2n) is 5.01. The number of hydrogen-bond donors (Lipinski definition) is 0. The van der Waals surface area contributed by atoms with Crippen molar-refractivity contribution < 1.29 is 22.7 Å². The summed E-state index contributed by atoms with van der Waals surface area (Å²) >= 11 is 0. The minimum Gasteiger partial charge on any atom is -0.493 e. The maximum Gasteiger partial charge on any atom is 0.257 e. The Bertz CT molecular complexity index is 641. The van der Waals surface area contributed by atoms with Crippen molar-refractivity contribution in [2.45, 2.75) is 12.5 Å². The molecular formula is C14H19NO5S. The average molecular weight is 313 g/mol. The van der Waals surface area contributed by atoms with Crippen LogP contribution in [0.3, 0.4) is 0 Å². The fourth-order valence-electron chi connectivity index (χ4n) is 2.49. The number of carbonyl (C=O) groups excluding carboxylic acids is 1. The third-order valence-electron chi connectivity index (χ3n) is 3.71. The van der Waals surface area contributed by atoms with E-state index in [2.05, 4.69) is 0 Å². The number of ether oxygens (including phenoxy) is 2. The summed E-state index contributed by atoms with van der Waals surface area (Å²) in [5.74, 6) is 0.702. The number of methoxy groups -OCH3 is 2. The van der Waals surface area contributed by atoms with Crippen molar-refractivity contribution in [3.63, 3.8) is 0 Å². The molecule has 21 heavy (non-hydrogen) atoms. The average Bonchev–Trinajstić information content (AvgIpc) is 2.84. The lowest BCUT2D eigenvalue weighted by molar-refractivity contribution is 0.0743. The molecule has 2 rings (SSSR count). The highest BCUT2D eigenvalue weighted by atomic mass is 32.2. The molecule has 1 aromatic carbocycles. The Morgan fingerprint density at radius 3 is 2.52 bits per heavy atom. The summed E-state index contributed by atoms with van der Waals surface area (Å²) in [4.78, 5) is 14.1. The summed E-state index contributed by atoms with van der Waals surface area (Å²) in [5.41, 5.74) is 0.364. The largest absolute Gasteiger partial charge is 0.493 e. The molecule has 0 spiro atoms. The smallest absolute Gasteiger partial charge is 0.257 e. The van der Waals surface area contributed by atoms with Crippen molar-refractivity contribution in [1.29, 1.82) is 0 Å². The third kappa shape index (κ3) is 3.12. The lowest BCUT2D eigenvalue weighted by Gasteiger charge is -2.24. The van der Waals surface area contributed by atoms with Gasteiger partial charge in [-0.15, -0.1) is 0 Å². The van der Waals surface area contributed by atoms with Crippen molar-refractivity contribution in [1.82, 2.24) is 4.90 Å². The van der Waals surface area contributed by atoms with Gasteiger partial charge in [0, 0.05) is 13.1 Å². The second-order valence-corrected chi connectivity index (χ2v) is 7.24. The van der Waals surface area contributed by atoms with E-state index < -0.39 is 9.84 Å². The van der Waals surface area contributed by atoms with Crippen LogP contribution in [-0.4, -0.2) is 58.0 Å². The van der Waals surface area contributed by atoms with Gasteiger partial charge in [-0.05, 0) is 18.6 Å². The van der Waals surface area contributed by atoms with Gasteiger partial charge in [0.2, 0.25) is 0 Å². The van der Waals surface area contributed by atoms with Crippen LogP contribution in [0.5, 0.6) is 11.5 Å². The Morgan fingerprint density at radius 2 is 2.00 bits per heavy atom. The first-order valence-corrected chi connectivity index (χ1v) is 8.40. The molecule has 0 bridgehead atoms. The third-order valence-corrected chi connectivity index (χ3v) is 5.46. The molecule has 1 amide bonds. The van der Waals surface area contributed by atoms with Crippen molar-refractivity contribution in [2.24, 2.45) is 0 Å². The molecule has 0 aliphatic carbocycles. The summed E-state index contributed by atoms with van der Waals surface area (Å²) in [5, 5.41) is 0. The van der Waals surface area contributed by atoms with Crippen molar-refractivity contribution in [3.05, 3.63) is 23.8 Å². The summed E-state index contributed by atoms with van der Waals surface area (Å²) in [6.07, 6.45) is 0.469. The van der Waals surface area contributed by atoms with Crippen molar-refractivity contribution in [3.8, 4) is 11.5 Å². The molecule has 1 atom stereocenters. The Kier molecular flexibility index (Phi) is 4.41. The van der Waals surface area contributed by atoms with E-state index in [1.807, 2.05) is 0 Å². The monoisotopic (exact) mass is 313 g/mol. The van der Waals surface area contributed by atoms with E-state index in [1.165, 1.54) is 19.1 Å². The predicted octanol–water partition coefficient (Wildman–Crippen LogP) is 0.963. The van der Waals surface area contributed by atoms with Crippen LogP contribution in [0.1, 0.15) is 16.8 Å². The summed E-state index contributed by atoms with van der Waals surface area (Å²) in [6, 6.07) is 4.76. The minimum atomic E-state index is -3.03. The lowest BCUT2D eigenvalue weighted by Crippen LogP contribution is -2.38. The number of hydrogen-bond acceptors (Lipinski definition) is 5. The molecule has 1 heterocycles. The molecule has 116 valence electrons. The van der Waals surface area contributed by atoms with Crippen molar-refractivity contribution in [2.75, 3.05) is 32.8 Å². The van der Waals surface area contributed by atoms with Crippen LogP contribution in [0.15, 0.2) is 18.2 Å². The topological polar surface area (TPSA) is 72.9 Å². The van der Waals surface area contributed by atoms with Crippen LogP contribution in [0, 0.1) is 0 Å². The molecule has 1 fully saturated rings. The first kappa shape index (κ1) is 15.6. The van der Waals surface area contributed by atoms with Gasteiger partial charge in [-0.3, -0.25) is 4.79 Å². The van der Waals surface area contributed by atoms with Gasteiger partial charge in [-0.25, -0.2) is 8.42 Å². The standard InChI is InChI=1S/C14H19NO5S/c1-15(10-7-8-21(17,18)9-10)14(16)11-5-4-6-12(19-2)13(11)20-3/h4-6,10H,7-9H2,1-3H3. The molecule has 0 saturated carbocycles. The maximum absolute atomic E-state index is 12.6. The number of rotatable bonds is 4. The van der Waals surface area contributed by atoms with E-state index in [4.69, 9.17) is 9.47 Å². The van der Waals surface area contributed by atoms with Crippen LogP contribution < -0.4 is 9.47 Å². The van der Waals surface area contributed by atoms with E-state index in [1.54, 1.807) is 25.2 Å². The molecular weight excluding hydrogens is 294 g/mol. The Hall–Kier alpha value is -1.76. The molecule has 6 nitrogen and oxygen atoms in total. The Morgan fingerprint density at radius 1 is 1.29 bits per heavy atom. The zero-order valence-corrected chi connectivity index (χ0v) is 13.1. The first-order valence-electron chi connectivity index (χ1n) is 6.58. The van der Waals surface area contributed by atoms with Gasteiger partial charge < -0.3 is 14.4 Å². The zero-order chi connectivity index (χ0) is 15.6. The number of para-hydroxylation sites is 1. The number of nitrogens with zero attached hydrogens (tertiary/aromatic N) is 1. The number of sulfone groups is 1. The molecule has 1 saturated heterocycles.